The van der Waals surface area contributed by atoms with Crippen molar-refractivity contribution in [2.24, 2.45) is 5.92 Å². The van der Waals surface area contributed by atoms with Crippen molar-refractivity contribution in [3.05, 3.63) is 0 Å². The van der Waals surface area contributed by atoms with Crippen molar-refractivity contribution in [1.82, 2.24) is 10.2 Å². The molecule has 3 aliphatic rings. The first-order chi connectivity index (χ1) is 9.93. The fraction of sp³-hybridized carbons (Fsp3) is 1.00. The molecule has 20 heavy (non-hydrogen) atoms. The van der Waals surface area contributed by atoms with Crippen molar-refractivity contribution in [3.63, 3.8) is 0 Å². The highest BCUT2D eigenvalue weighted by atomic mass is 15.2. The van der Waals surface area contributed by atoms with Gasteiger partial charge in [-0.25, -0.2) is 0 Å². The zero-order valence-electron chi connectivity index (χ0n) is 13.3. The molecule has 1 saturated heterocycles. The molecule has 3 rings (SSSR count). The van der Waals surface area contributed by atoms with Gasteiger partial charge >= 0.3 is 0 Å². The Morgan fingerprint density at radius 3 is 2.10 bits per heavy atom. The van der Waals surface area contributed by atoms with Gasteiger partial charge in [-0.05, 0) is 51.1 Å². The fourth-order valence-electron chi connectivity index (χ4n) is 4.78. The van der Waals surface area contributed by atoms with Crippen LogP contribution in [0.15, 0.2) is 0 Å². The van der Waals surface area contributed by atoms with Crippen molar-refractivity contribution in [2.75, 3.05) is 19.6 Å². The Balaban J connectivity index is 1.58. The number of rotatable bonds is 2. The summed E-state index contributed by atoms with van der Waals surface area (Å²) in [6.45, 7) is 3.95. The van der Waals surface area contributed by atoms with E-state index < -0.39 is 0 Å². The predicted octanol–water partition coefficient (Wildman–Crippen LogP) is 3.95. The SMILES string of the molecule is C1CCC(C2CN(C3CCCCCC3)CCCN2)CC1. The van der Waals surface area contributed by atoms with Gasteiger partial charge in [-0.1, -0.05) is 44.9 Å². The summed E-state index contributed by atoms with van der Waals surface area (Å²) in [6.07, 6.45) is 17.6. The van der Waals surface area contributed by atoms with Gasteiger partial charge in [-0.15, -0.1) is 0 Å². The highest BCUT2D eigenvalue weighted by Gasteiger charge is 2.29. The van der Waals surface area contributed by atoms with Gasteiger partial charge < -0.3 is 5.32 Å². The Kier molecular flexibility index (Phi) is 5.78. The van der Waals surface area contributed by atoms with Crippen molar-refractivity contribution in [2.45, 2.75) is 89.1 Å². The molecular weight excluding hydrogens is 244 g/mol. The molecular formula is C18H34N2. The van der Waals surface area contributed by atoms with Crippen molar-refractivity contribution < 1.29 is 0 Å². The predicted molar refractivity (Wildman–Crippen MR) is 86.0 cm³/mol. The van der Waals surface area contributed by atoms with E-state index >= 15 is 0 Å². The second kappa shape index (κ2) is 7.79. The van der Waals surface area contributed by atoms with Crippen molar-refractivity contribution in [1.29, 1.82) is 0 Å². The first-order valence-corrected chi connectivity index (χ1v) is 9.41. The zero-order chi connectivity index (χ0) is 13.6. The minimum absolute atomic E-state index is 0.793. The molecule has 2 aliphatic carbocycles. The summed E-state index contributed by atoms with van der Waals surface area (Å²) in [6, 6.07) is 1.70. The van der Waals surface area contributed by atoms with Crippen LogP contribution in [0.5, 0.6) is 0 Å². The first kappa shape index (κ1) is 14.8. The Hall–Kier alpha value is -0.0800. The molecule has 1 aliphatic heterocycles. The minimum atomic E-state index is 0.793. The van der Waals surface area contributed by atoms with E-state index in [2.05, 4.69) is 10.2 Å². The molecule has 0 radical (unpaired) electrons. The molecule has 1 N–H and O–H groups in total. The molecule has 1 atom stereocenters. The first-order valence-electron chi connectivity index (χ1n) is 9.41. The molecule has 3 fully saturated rings. The third-order valence-corrected chi connectivity index (χ3v) is 6.02. The maximum absolute atomic E-state index is 3.89. The Labute approximate surface area is 125 Å². The molecule has 1 heterocycles. The summed E-state index contributed by atoms with van der Waals surface area (Å²) in [5, 5.41) is 3.89. The van der Waals surface area contributed by atoms with Crippen molar-refractivity contribution in [3.8, 4) is 0 Å². The molecule has 0 spiro atoms. The minimum Gasteiger partial charge on any atom is -0.312 e. The molecule has 0 aromatic heterocycles. The largest absolute Gasteiger partial charge is 0.312 e. The molecule has 0 amide bonds. The number of hydrogen-bond donors (Lipinski definition) is 1. The van der Waals surface area contributed by atoms with Gasteiger partial charge in [-0.2, -0.15) is 0 Å². The van der Waals surface area contributed by atoms with E-state index in [-0.39, 0.29) is 0 Å². The Morgan fingerprint density at radius 1 is 0.700 bits per heavy atom. The maximum atomic E-state index is 3.89. The quantitative estimate of drug-likeness (QED) is 0.769. The molecule has 0 bridgehead atoms. The van der Waals surface area contributed by atoms with E-state index in [1.807, 2.05) is 0 Å². The number of hydrogen-bond acceptors (Lipinski definition) is 2. The molecule has 2 heteroatoms. The summed E-state index contributed by atoms with van der Waals surface area (Å²) >= 11 is 0. The van der Waals surface area contributed by atoms with Crippen molar-refractivity contribution >= 4 is 0 Å². The van der Waals surface area contributed by atoms with Crippen LogP contribution in [0.2, 0.25) is 0 Å². The summed E-state index contributed by atoms with van der Waals surface area (Å²) in [4.78, 5) is 2.88. The van der Waals surface area contributed by atoms with E-state index in [9.17, 15) is 0 Å². The monoisotopic (exact) mass is 278 g/mol. The van der Waals surface area contributed by atoms with Crippen LogP contribution in [0.4, 0.5) is 0 Å². The molecule has 1 unspecified atom stereocenters. The van der Waals surface area contributed by atoms with E-state index in [1.54, 1.807) is 0 Å². The number of nitrogens with zero attached hydrogens (tertiary/aromatic N) is 1. The Morgan fingerprint density at radius 2 is 1.35 bits per heavy atom. The third-order valence-electron chi connectivity index (χ3n) is 6.02. The van der Waals surface area contributed by atoms with E-state index in [0.717, 1.165) is 18.0 Å². The summed E-state index contributed by atoms with van der Waals surface area (Å²) in [5.41, 5.74) is 0. The van der Waals surface area contributed by atoms with Gasteiger partial charge in [0.25, 0.3) is 0 Å². The second-order valence-corrected chi connectivity index (χ2v) is 7.45. The molecule has 0 aromatic carbocycles. The molecule has 2 nitrogen and oxygen atoms in total. The van der Waals surface area contributed by atoms with Crippen LogP contribution in [0.25, 0.3) is 0 Å². The lowest BCUT2D eigenvalue weighted by molar-refractivity contribution is 0.150. The summed E-state index contributed by atoms with van der Waals surface area (Å²) in [5.74, 6) is 0.968. The van der Waals surface area contributed by atoms with Crippen LogP contribution in [0, 0.1) is 5.92 Å². The van der Waals surface area contributed by atoms with Crippen LogP contribution in [0.3, 0.4) is 0 Å². The van der Waals surface area contributed by atoms with Gasteiger partial charge in [-0.3, -0.25) is 4.90 Å². The standard InChI is InChI=1S/C18H34N2/c1-2-7-12-17(11-6-1)20-14-8-13-19-18(15-20)16-9-4-3-5-10-16/h16-19H,1-15H2. The van der Waals surface area contributed by atoms with E-state index in [0.29, 0.717) is 0 Å². The zero-order valence-corrected chi connectivity index (χ0v) is 13.3. The highest BCUT2D eigenvalue weighted by Crippen LogP contribution is 2.29. The maximum Gasteiger partial charge on any atom is 0.0223 e. The van der Waals surface area contributed by atoms with Crippen LogP contribution in [0.1, 0.15) is 77.0 Å². The van der Waals surface area contributed by atoms with Gasteiger partial charge in [0, 0.05) is 18.6 Å². The van der Waals surface area contributed by atoms with Crippen LogP contribution < -0.4 is 5.32 Å². The average molecular weight is 278 g/mol. The lowest BCUT2D eigenvalue weighted by Gasteiger charge is -2.36. The summed E-state index contributed by atoms with van der Waals surface area (Å²) < 4.78 is 0. The smallest absolute Gasteiger partial charge is 0.0223 e. The lowest BCUT2D eigenvalue weighted by atomic mass is 9.83. The highest BCUT2D eigenvalue weighted by molar-refractivity contribution is 4.87. The summed E-state index contributed by atoms with van der Waals surface area (Å²) in [7, 11) is 0. The van der Waals surface area contributed by atoms with Gasteiger partial charge in [0.15, 0.2) is 0 Å². The Bertz CT molecular complexity index is 265. The lowest BCUT2D eigenvalue weighted by Crippen LogP contribution is -2.46. The topological polar surface area (TPSA) is 15.3 Å². The third kappa shape index (κ3) is 3.98. The van der Waals surface area contributed by atoms with Gasteiger partial charge in [0.05, 0.1) is 0 Å². The van der Waals surface area contributed by atoms with Crippen LogP contribution in [-0.2, 0) is 0 Å². The average Bonchev–Trinajstić information content (AvgIpc) is 2.91. The second-order valence-electron chi connectivity index (χ2n) is 7.45. The fourth-order valence-corrected chi connectivity index (χ4v) is 4.78. The van der Waals surface area contributed by atoms with Gasteiger partial charge in [0.2, 0.25) is 0 Å². The van der Waals surface area contributed by atoms with Crippen LogP contribution >= 0.6 is 0 Å². The van der Waals surface area contributed by atoms with E-state index in [1.165, 1.54) is 96.7 Å². The van der Waals surface area contributed by atoms with Crippen LogP contribution in [-0.4, -0.2) is 36.6 Å². The molecule has 116 valence electrons. The molecule has 2 saturated carbocycles. The van der Waals surface area contributed by atoms with E-state index in [4.69, 9.17) is 0 Å². The molecule has 0 aromatic rings. The van der Waals surface area contributed by atoms with Gasteiger partial charge in [0.1, 0.15) is 0 Å². The number of nitrogens with one attached hydrogen (secondary N) is 1. The normalized spacial score (nSPS) is 32.7.